The molecule has 10 nitrogen and oxygen atoms in total. The van der Waals surface area contributed by atoms with Crippen LogP contribution in [0.2, 0.25) is 5.02 Å². The minimum absolute atomic E-state index is 0.180. The molecule has 0 unspecified atom stereocenters. The van der Waals surface area contributed by atoms with Crippen LogP contribution in [0.15, 0.2) is 74.9 Å². The van der Waals surface area contributed by atoms with Gasteiger partial charge in [-0.2, -0.15) is 9.78 Å². The highest BCUT2D eigenvalue weighted by Gasteiger charge is 2.18. The van der Waals surface area contributed by atoms with Crippen molar-refractivity contribution < 1.29 is 4.52 Å². The predicted octanol–water partition coefficient (Wildman–Crippen LogP) is 1.95. The van der Waals surface area contributed by atoms with E-state index in [2.05, 4.69) is 20.6 Å². The van der Waals surface area contributed by atoms with E-state index in [1.807, 2.05) is 30.3 Å². The Hall–Kier alpha value is -4.05. The molecule has 0 fully saturated rings. The highest BCUT2D eigenvalue weighted by molar-refractivity contribution is 6.33. The molecule has 0 aliphatic rings. The zero-order valence-electron chi connectivity index (χ0n) is 15.2. The van der Waals surface area contributed by atoms with Gasteiger partial charge in [0.05, 0.1) is 16.9 Å². The van der Waals surface area contributed by atoms with Crippen molar-refractivity contribution in [3.8, 4) is 17.1 Å². The van der Waals surface area contributed by atoms with E-state index in [1.54, 1.807) is 24.3 Å². The van der Waals surface area contributed by atoms with Crippen LogP contribution in [0.3, 0.4) is 0 Å². The lowest BCUT2D eigenvalue weighted by Crippen LogP contribution is -2.31. The van der Waals surface area contributed by atoms with E-state index in [0.717, 1.165) is 14.9 Å². The zero-order valence-corrected chi connectivity index (χ0v) is 16.0. The Morgan fingerprint density at radius 1 is 1.00 bits per heavy atom. The highest BCUT2D eigenvalue weighted by Crippen LogP contribution is 2.25. The molecule has 0 atom stereocenters. The quantitative estimate of drug-likeness (QED) is 0.435. The third kappa shape index (κ3) is 2.90. The van der Waals surface area contributed by atoms with E-state index in [0.29, 0.717) is 16.2 Å². The molecule has 0 amide bonds. The molecule has 0 saturated heterocycles. The molecule has 11 heteroatoms. The molecule has 0 saturated carbocycles. The average molecular weight is 422 g/mol. The molecular formula is C19H12ClN7O3. The highest BCUT2D eigenvalue weighted by atomic mass is 35.5. The molecule has 0 spiro atoms. The zero-order chi connectivity index (χ0) is 20.7. The van der Waals surface area contributed by atoms with E-state index in [9.17, 15) is 9.59 Å². The molecule has 0 aliphatic heterocycles. The van der Waals surface area contributed by atoms with Crippen LogP contribution in [0, 0.1) is 0 Å². The largest absolute Gasteiger partial charge is 0.443 e. The van der Waals surface area contributed by atoms with Crippen molar-refractivity contribution >= 4 is 22.6 Å². The van der Waals surface area contributed by atoms with Crippen molar-refractivity contribution in [2.75, 3.05) is 0 Å². The number of para-hydroxylation sites is 1. The van der Waals surface area contributed by atoms with E-state index in [-0.39, 0.29) is 17.9 Å². The van der Waals surface area contributed by atoms with Crippen molar-refractivity contribution in [1.82, 2.24) is 34.5 Å². The molecule has 5 aromatic rings. The van der Waals surface area contributed by atoms with E-state index in [1.165, 1.54) is 10.9 Å². The number of fused-ring (bicyclic) bond motifs is 1. The predicted molar refractivity (Wildman–Crippen MR) is 108 cm³/mol. The van der Waals surface area contributed by atoms with Crippen LogP contribution in [-0.2, 0) is 6.67 Å². The minimum atomic E-state index is -0.751. The molecular weight excluding hydrogens is 410 g/mol. The van der Waals surface area contributed by atoms with E-state index in [4.69, 9.17) is 16.1 Å². The van der Waals surface area contributed by atoms with Gasteiger partial charge in [0.1, 0.15) is 12.1 Å². The summed E-state index contributed by atoms with van der Waals surface area (Å²) in [6.07, 6.45) is 1.42. The molecule has 0 bridgehead atoms. The first-order chi connectivity index (χ1) is 14.6. The maximum absolute atomic E-state index is 12.9. The maximum Gasteiger partial charge on any atom is 0.443 e. The van der Waals surface area contributed by atoms with Gasteiger partial charge in [-0.05, 0) is 24.3 Å². The topological polar surface area (TPSA) is 114 Å². The van der Waals surface area contributed by atoms with E-state index >= 15 is 0 Å². The number of halogens is 1. The van der Waals surface area contributed by atoms with Gasteiger partial charge < -0.3 is 0 Å². The summed E-state index contributed by atoms with van der Waals surface area (Å²) in [5, 5.41) is 16.8. The Morgan fingerprint density at radius 3 is 2.57 bits per heavy atom. The summed E-state index contributed by atoms with van der Waals surface area (Å²) in [6.45, 7) is -0.249. The number of hydrogen-bond donors (Lipinski definition) is 0. The van der Waals surface area contributed by atoms with Gasteiger partial charge in [0.2, 0.25) is 0 Å². The molecule has 0 radical (unpaired) electrons. The summed E-state index contributed by atoms with van der Waals surface area (Å²) in [4.78, 5) is 25.1. The van der Waals surface area contributed by atoms with Gasteiger partial charge in [0.15, 0.2) is 11.5 Å². The Balaban J connectivity index is 1.59. The van der Waals surface area contributed by atoms with Crippen molar-refractivity contribution in [2.24, 2.45) is 0 Å². The number of rotatable bonds is 4. The Kier molecular flexibility index (Phi) is 4.25. The van der Waals surface area contributed by atoms with Crippen LogP contribution >= 0.6 is 11.6 Å². The molecule has 30 heavy (non-hydrogen) atoms. The van der Waals surface area contributed by atoms with Gasteiger partial charge in [0.25, 0.3) is 5.56 Å². The lowest BCUT2D eigenvalue weighted by molar-refractivity contribution is 0.367. The number of hydrogen-bond acceptors (Lipinski definition) is 7. The van der Waals surface area contributed by atoms with Crippen LogP contribution in [0.4, 0.5) is 0 Å². The number of benzene rings is 2. The van der Waals surface area contributed by atoms with Crippen LogP contribution in [0.1, 0.15) is 0 Å². The maximum atomic E-state index is 12.9. The minimum Gasteiger partial charge on any atom is -0.295 e. The van der Waals surface area contributed by atoms with Gasteiger partial charge in [-0.15, -0.1) is 5.10 Å². The first-order valence-corrected chi connectivity index (χ1v) is 9.19. The molecule has 0 N–H and O–H groups in total. The lowest BCUT2D eigenvalue weighted by atomic mass is 10.2. The summed E-state index contributed by atoms with van der Waals surface area (Å²) in [7, 11) is 0. The van der Waals surface area contributed by atoms with Crippen molar-refractivity contribution in [3.63, 3.8) is 0 Å². The van der Waals surface area contributed by atoms with Crippen LogP contribution < -0.4 is 11.3 Å². The average Bonchev–Trinajstić information content (AvgIpc) is 3.36. The Labute approximate surface area is 172 Å². The summed E-state index contributed by atoms with van der Waals surface area (Å²) in [6, 6.07) is 16.1. The Morgan fingerprint density at radius 2 is 1.77 bits per heavy atom. The lowest BCUT2D eigenvalue weighted by Gasteiger charge is -2.07. The number of aromatic nitrogens is 7. The first-order valence-electron chi connectivity index (χ1n) is 8.82. The third-order valence-corrected chi connectivity index (χ3v) is 4.86. The first kappa shape index (κ1) is 18.0. The third-order valence-electron chi connectivity index (χ3n) is 4.53. The smallest absolute Gasteiger partial charge is 0.295 e. The van der Waals surface area contributed by atoms with Crippen molar-refractivity contribution in [2.45, 2.75) is 6.67 Å². The molecule has 5 rings (SSSR count). The van der Waals surface area contributed by atoms with Gasteiger partial charge >= 0.3 is 5.76 Å². The molecule has 3 heterocycles. The van der Waals surface area contributed by atoms with Crippen molar-refractivity contribution in [3.05, 3.63) is 86.7 Å². The summed E-state index contributed by atoms with van der Waals surface area (Å²) in [5.74, 6) is -0.571. The fourth-order valence-electron chi connectivity index (χ4n) is 3.08. The number of nitrogens with zero attached hydrogens (tertiary/aromatic N) is 7. The summed E-state index contributed by atoms with van der Waals surface area (Å²) >= 11 is 6.21. The second-order valence-electron chi connectivity index (χ2n) is 6.34. The molecule has 2 aromatic carbocycles. The molecule has 3 aromatic heterocycles. The SMILES string of the molecule is O=c1c2cnn(-c3ccccc3)c2nnn1Cn1c(-c2ccccc2Cl)noc1=O. The fourth-order valence-corrected chi connectivity index (χ4v) is 3.30. The second-order valence-corrected chi connectivity index (χ2v) is 6.75. The van der Waals surface area contributed by atoms with Gasteiger partial charge in [0, 0.05) is 5.56 Å². The molecule has 148 valence electrons. The van der Waals surface area contributed by atoms with Crippen LogP contribution in [0.5, 0.6) is 0 Å². The Bertz CT molecular complexity index is 1480. The summed E-state index contributed by atoms with van der Waals surface area (Å²) in [5.41, 5.74) is 1.09. The normalized spacial score (nSPS) is 11.2. The fraction of sp³-hybridized carbons (Fsp3) is 0.0526. The van der Waals surface area contributed by atoms with E-state index < -0.39 is 11.3 Å². The van der Waals surface area contributed by atoms with Gasteiger partial charge in [-0.1, -0.05) is 52.3 Å². The van der Waals surface area contributed by atoms with Crippen LogP contribution in [-0.4, -0.2) is 34.5 Å². The molecule has 0 aliphatic carbocycles. The summed E-state index contributed by atoms with van der Waals surface area (Å²) < 4.78 is 8.51. The van der Waals surface area contributed by atoms with Gasteiger partial charge in [-0.3, -0.25) is 9.32 Å². The monoisotopic (exact) mass is 421 g/mol. The van der Waals surface area contributed by atoms with Crippen molar-refractivity contribution in [1.29, 1.82) is 0 Å². The van der Waals surface area contributed by atoms with Gasteiger partial charge in [-0.25, -0.2) is 14.0 Å². The standard InChI is InChI=1S/C19H12ClN7O3/c20-15-9-5-4-8-13(15)17-23-30-19(29)25(17)11-26-18(28)14-10-21-27(16(14)22-24-26)12-6-2-1-3-7-12/h1-10H,11H2. The van der Waals surface area contributed by atoms with Crippen LogP contribution in [0.25, 0.3) is 28.1 Å². The second kappa shape index (κ2) is 7.08.